The van der Waals surface area contributed by atoms with Crippen LogP contribution in [0.25, 0.3) is 0 Å². The summed E-state index contributed by atoms with van der Waals surface area (Å²) in [4.78, 5) is 11.5. The highest BCUT2D eigenvalue weighted by atomic mass is 16.6. The average Bonchev–Trinajstić information content (AvgIpc) is 2.34. The van der Waals surface area contributed by atoms with Gasteiger partial charge in [0.25, 0.3) is 0 Å². The zero-order chi connectivity index (χ0) is 14.5. The molecular formula is C15H22N2O2. The topological polar surface area (TPSA) is 50.7 Å². The molecule has 0 aromatic heterocycles. The van der Waals surface area contributed by atoms with E-state index in [4.69, 9.17) is 4.74 Å². The quantitative estimate of drug-likeness (QED) is 0.669. The van der Waals surface area contributed by atoms with Crippen LogP contribution in [-0.2, 0) is 11.2 Å². The minimum Gasteiger partial charge on any atom is -0.443 e. The second-order valence-corrected chi connectivity index (χ2v) is 5.36. The van der Waals surface area contributed by atoms with E-state index in [2.05, 4.69) is 29.6 Å². The maximum atomic E-state index is 11.5. The van der Waals surface area contributed by atoms with Gasteiger partial charge in [-0.05, 0) is 45.2 Å². The summed E-state index contributed by atoms with van der Waals surface area (Å²) in [5.41, 5.74) is 4.87. The van der Waals surface area contributed by atoms with Crippen LogP contribution in [0.4, 0.5) is 4.79 Å². The Morgan fingerprint density at radius 1 is 1.26 bits per heavy atom. The van der Waals surface area contributed by atoms with Crippen LogP contribution >= 0.6 is 0 Å². The minimum absolute atomic E-state index is 0.518. The van der Waals surface area contributed by atoms with Gasteiger partial charge in [0.2, 0.25) is 0 Å². The maximum absolute atomic E-state index is 11.5. The Bertz CT molecular complexity index is 456. The second kappa shape index (κ2) is 6.36. The van der Waals surface area contributed by atoms with Gasteiger partial charge in [0.1, 0.15) is 5.60 Å². The lowest BCUT2D eigenvalue weighted by Gasteiger charge is -2.18. The highest BCUT2D eigenvalue weighted by molar-refractivity contribution is 5.99. The number of hydrogen-bond donors (Lipinski definition) is 1. The standard InChI is InChI=1S/C15H22N2O2/c1-6-12-7-9-13(10-8-12)11(2)16-17-14(18)19-15(3,4)5/h7-10H,6H2,1-5H3,(H,17,18)/b16-11-. The first-order chi connectivity index (χ1) is 8.81. The molecule has 0 saturated carbocycles. The average molecular weight is 262 g/mol. The minimum atomic E-state index is -0.544. The molecule has 104 valence electrons. The molecule has 19 heavy (non-hydrogen) atoms. The van der Waals surface area contributed by atoms with Gasteiger partial charge in [0.05, 0.1) is 5.71 Å². The molecule has 4 heteroatoms. The number of ether oxygens (including phenoxy) is 1. The first-order valence-corrected chi connectivity index (χ1v) is 6.44. The molecule has 1 aromatic carbocycles. The molecule has 0 saturated heterocycles. The number of benzene rings is 1. The summed E-state index contributed by atoms with van der Waals surface area (Å²) < 4.78 is 5.10. The summed E-state index contributed by atoms with van der Waals surface area (Å²) in [7, 11) is 0. The number of carbonyl (C=O) groups excluding carboxylic acids is 1. The molecule has 0 aliphatic rings. The molecule has 1 amide bonds. The van der Waals surface area contributed by atoms with Crippen LogP contribution in [-0.4, -0.2) is 17.4 Å². The molecule has 0 heterocycles. The first-order valence-electron chi connectivity index (χ1n) is 6.44. The Kier molecular flexibility index (Phi) is 5.10. The third kappa shape index (κ3) is 5.55. The highest BCUT2D eigenvalue weighted by Gasteiger charge is 2.15. The predicted molar refractivity (Wildman–Crippen MR) is 77.4 cm³/mol. The normalized spacial score (nSPS) is 12.2. The van der Waals surface area contributed by atoms with E-state index >= 15 is 0 Å². The molecule has 0 fully saturated rings. The first kappa shape index (κ1) is 15.2. The molecule has 4 nitrogen and oxygen atoms in total. The number of rotatable bonds is 3. The van der Waals surface area contributed by atoms with Crippen molar-refractivity contribution in [1.29, 1.82) is 0 Å². The van der Waals surface area contributed by atoms with Crippen molar-refractivity contribution >= 4 is 11.8 Å². The van der Waals surface area contributed by atoms with Crippen molar-refractivity contribution in [2.24, 2.45) is 5.10 Å². The summed E-state index contributed by atoms with van der Waals surface area (Å²) in [5.74, 6) is 0. The SMILES string of the molecule is CCc1ccc(/C(C)=N\NC(=O)OC(C)(C)C)cc1. The van der Waals surface area contributed by atoms with E-state index in [0.29, 0.717) is 0 Å². The van der Waals surface area contributed by atoms with Crippen LogP contribution in [0.1, 0.15) is 45.7 Å². The molecule has 0 bridgehead atoms. The molecule has 0 aliphatic heterocycles. The van der Waals surface area contributed by atoms with E-state index in [1.54, 1.807) is 0 Å². The van der Waals surface area contributed by atoms with Gasteiger partial charge in [-0.15, -0.1) is 0 Å². The van der Waals surface area contributed by atoms with Gasteiger partial charge in [-0.3, -0.25) is 0 Å². The molecule has 0 unspecified atom stereocenters. The van der Waals surface area contributed by atoms with Crippen LogP contribution in [0.15, 0.2) is 29.4 Å². The van der Waals surface area contributed by atoms with Crippen molar-refractivity contribution in [3.8, 4) is 0 Å². The molecular weight excluding hydrogens is 240 g/mol. The van der Waals surface area contributed by atoms with Crippen LogP contribution in [0.3, 0.4) is 0 Å². The molecule has 0 aliphatic carbocycles. The number of hydrogen-bond acceptors (Lipinski definition) is 3. The van der Waals surface area contributed by atoms with Crippen molar-refractivity contribution < 1.29 is 9.53 Å². The van der Waals surface area contributed by atoms with Gasteiger partial charge in [-0.1, -0.05) is 31.2 Å². The fourth-order valence-electron chi connectivity index (χ4n) is 1.48. The monoisotopic (exact) mass is 262 g/mol. The van der Waals surface area contributed by atoms with Crippen molar-refractivity contribution in [3.05, 3.63) is 35.4 Å². The van der Waals surface area contributed by atoms with Crippen LogP contribution in [0.2, 0.25) is 0 Å². The summed E-state index contributed by atoms with van der Waals surface area (Å²) >= 11 is 0. The fraction of sp³-hybridized carbons (Fsp3) is 0.467. The number of nitrogens with zero attached hydrogens (tertiary/aromatic N) is 1. The van der Waals surface area contributed by atoms with Crippen LogP contribution < -0.4 is 5.43 Å². The number of amides is 1. The van der Waals surface area contributed by atoms with Gasteiger partial charge >= 0.3 is 6.09 Å². The lowest BCUT2D eigenvalue weighted by Crippen LogP contribution is -2.30. The summed E-state index contributed by atoms with van der Waals surface area (Å²) in [6.45, 7) is 9.39. The van der Waals surface area contributed by atoms with Crippen molar-refractivity contribution in [3.63, 3.8) is 0 Å². The van der Waals surface area contributed by atoms with Crippen molar-refractivity contribution in [2.75, 3.05) is 0 Å². The maximum Gasteiger partial charge on any atom is 0.428 e. The van der Waals surface area contributed by atoms with E-state index in [1.807, 2.05) is 39.8 Å². The molecule has 0 radical (unpaired) electrons. The number of carbonyl (C=O) groups is 1. The third-order valence-corrected chi connectivity index (χ3v) is 2.49. The molecule has 1 aromatic rings. The van der Waals surface area contributed by atoms with E-state index < -0.39 is 11.7 Å². The van der Waals surface area contributed by atoms with Gasteiger partial charge in [0, 0.05) is 0 Å². The van der Waals surface area contributed by atoms with Crippen LogP contribution in [0, 0.1) is 0 Å². The Labute approximate surface area is 114 Å². The lowest BCUT2D eigenvalue weighted by molar-refractivity contribution is 0.0529. The van der Waals surface area contributed by atoms with Crippen molar-refractivity contribution in [2.45, 2.75) is 46.6 Å². The van der Waals surface area contributed by atoms with Gasteiger partial charge in [0.15, 0.2) is 0 Å². The zero-order valence-electron chi connectivity index (χ0n) is 12.3. The van der Waals surface area contributed by atoms with Crippen LogP contribution in [0.5, 0.6) is 0 Å². The number of aryl methyl sites for hydroxylation is 1. The van der Waals surface area contributed by atoms with Crippen molar-refractivity contribution in [1.82, 2.24) is 5.43 Å². The Morgan fingerprint density at radius 3 is 2.32 bits per heavy atom. The highest BCUT2D eigenvalue weighted by Crippen LogP contribution is 2.08. The smallest absolute Gasteiger partial charge is 0.428 e. The summed E-state index contributed by atoms with van der Waals surface area (Å²) in [6.07, 6.45) is 0.462. The Balaban J connectivity index is 2.63. The molecule has 1 rings (SSSR count). The second-order valence-electron chi connectivity index (χ2n) is 5.36. The summed E-state index contributed by atoms with van der Waals surface area (Å²) in [6, 6.07) is 8.10. The lowest BCUT2D eigenvalue weighted by atomic mass is 10.1. The third-order valence-electron chi connectivity index (χ3n) is 2.49. The predicted octanol–water partition coefficient (Wildman–Crippen LogP) is 3.50. The fourth-order valence-corrected chi connectivity index (χ4v) is 1.48. The number of nitrogens with one attached hydrogen (secondary N) is 1. The van der Waals surface area contributed by atoms with E-state index in [-0.39, 0.29) is 0 Å². The van der Waals surface area contributed by atoms with E-state index in [9.17, 15) is 4.79 Å². The van der Waals surface area contributed by atoms with Gasteiger partial charge in [-0.2, -0.15) is 5.10 Å². The molecule has 0 atom stereocenters. The zero-order valence-corrected chi connectivity index (χ0v) is 12.3. The summed E-state index contributed by atoms with van der Waals surface area (Å²) in [5, 5.41) is 4.03. The van der Waals surface area contributed by atoms with Gasteiger partial charge < -0.3 is 4.74 Å². The van der Waals surface area contributed by atoms with E-state index in [0.717, 1.165) is 17.7 Å². The van der Waals surface area contributed by atoms with Gasteiger partial charge in [-0.25, -0.2) is 10.2 Å². The number of hydrazone groups is 1. The Hall–Kier alpha value is -1.84. The molecule has 1 N–H and O–H groups in total. The largest absolute Gasteiger partial charge is 0.443 e. The Morgan fingerprint density at radius 2 is 1.84 bits per heavy atom. The molecule has 0 spiro atoms. The van der Waals surface area contributed by atoms with E-state index in [1.165, 1.54) is 5.56 Å².